The topological polar surface area (TPSA) is 19.6 Å². The van der Waals surface area contributed by atoms with Crippen LogP contribution in [0.15, 0.2) is 320 Å². The van der Waals surface area contributed by atoms with Gasteiger partial charge in [-0.3, -0.25) is 0 Å². The highest BCUT2D eigenvalue weighted by atomic mass is 16.3. The van der Waals surface area contributed by atoms with E-state index in [2.05, 4.69) is 325 Å². The molecule has 2 aliphatic carbocycles. The minimum absolute atomic E-state index is 0.740. The second kappa shape index (κ2) is 19.3. The van der Waals surface area contributed by atoms with E-state index in [1.807, 2.05) is 0 Å². The Morgan fingerprint density at radius 3 is 1.01 bits per heavy atom. The molecular weight excluding hydrogens is 993 g/mol. The van der Waals surface area contributed by atoms with Crippen molar-refractivity contribution in [1.82, 2.24) is 0 Å². The zero-order valence-electron chi connectivity index (χ0n) is 44.8. The van der Waals surface area contributed by atoms with Gasteiger partial charge < -0.3 is 14.2 Å². The molecule has 384 valence electrons. The minimum Gasteiger partial charge on any atom is -0.455 e. The summed E-state index contributed by atoms with van der Waals surface area (Å²) in [6.07, 6.45) is 0. The maximum absolute atomic E-state index is 7.04. The quantitative estimate of drug-likeness (QED) is 0.136. The molecule has 0 atom stereocenters. The van der Waals surface area contributed by atoms with Crippen LogP contribution in [0.25, 0.3) is 88.7 Å². The molecule has 0 amide bonds. The number of fused-ring (bicyclic) bond motifs is 14. The fourth-order valence-electron chi connectivity index (χ4n) is 13.3. The molecule has 0 saturated heterocycles. The lowest BCUT2D eigenvalue weighted by molar-refractivity contribution is 0.669. The van der Waals surface area contributed by atoms with Gasteiger partial charge in [0.1, 0.15) is 11.2 Å². The monoisotopic (exact) mass is 1040 g/mol. The van der Waals surface area contributed by atoms with E-state index in [0.717, 1.165) is 61.6 Å². The van der Waals surface area contributed by atoms with Crippen molar-refractivity contribution in [2.24, 2.45) is 0 Å². The molecule has 0 unspecified atom stereocenters. The summed E-state index contributed by atoms with van der Waals surface area (Å²) in [6, 6.07) is 115. The number of para-hydroxylation sites is 1. The van der Waals surface area contributed by atoms with Crippen molar-refractivity contribution in [2.45, 2.75) is 5.41 Å². The molecule has 0 aliphatic heterocycles. The predicted molar refractivity (Wildman–Crippen MR) is 341 cm³/mol. The van der Waals surface area contributed by atoms with Crippen molar-refractivity contribution in [3.05, 3.63) is 338 Å². The van der Waals surface area contributed by atoms with Gasteiger partial charge in [-0.25, -0.2) is 0 Å². The molecule has 82 heavy (non-hydrogen) atoms. The van der Waals surface area contributed by atoms with E-state index < -0.39 is 5.41 Å². The molecular formula is C79H52N2O. The van der Waals surface area contributed by atoms with Gasteiger partial charge in [0.2, 0.25) is 0 Å². The summed E-state index contributed by atoms with van der Waals surface area (Å²) in [5.74, 6) is 0. The molecule has 2 aliphatic rings. The second-order valence-electron chi connectivity index (χ2n) is 21.5. The number of nitrogens with zero attached hydrogens (tertiary/aromatic N) is 2. The van der Waals surface area contributed by atoms with E-state index in [-0.39, 0.29) is 0 Å². The molecule has 0 bridgehead atoms. The maximum atomic E-state index is 7.04. The molecule has 1 aromatic heterocycles. The number of hydrogen-bond donors (Lipinski definition) is 0. The van der Waals surface area contributed by atoms with Gasteiger partial charge in [0.15, 0.2) is 0 Å². The van der Waals surface area contributed by atoms with E-state index >= 15 is 0 Å². The van der Waals surface area contributed by atoms with Gasteiger partial charge in [0, 0.05) is 50.5 Å². The third-order valence-corrected chi connectivity index (χ3v) is 17.1. The van der Waals surface area contributed by atoms with Crippen molar-refractivity contribution in [3.8, 4) is 66.8 Å². The van der Waals surface area contributed by atoms with Gasteiger partial charge in [-0.1, -0.05) is 237 Å². The van der Waals surface area contributed by atoms with Crippen LogP contribution in [-0.2, 0) is 5.41 Å². The lowest BCUT2D eigenvalue weighted by Crippen LogP contribution is -2.26. The number of furan rings is 1. The highest BCUT2D eigenvalue weighted by Crippen LogP contribution is 2.65. The van der Waals surface area contributed by atoms with Crippen molar-refractivity contribution < 1.29 is 4.42 Å². The van der Waals surface area contributed by atoms with Crippen LogP contribution in [0, 0.1) is 0 Å². The van der Waals surface area contributed by atoms with Gasteiger partial charge in [0.25, 0.3) is 0 Å². The molecule has 3 nitrogen and oxygen atoms in total. The molecule has 14 aromatic rings. The van der Waals surface area contributed by atoms with Crippen molar-refractivity contribution >= 4 is 56.1 Å². The Bertz CT molecular complexity index is 4300. The van der Waals surface area contributed by atoms with Crippen LogP contribution >= 0.6 is 0 Å². The van der Waals surface area contributed by atoms with Crippen LogP contribution < -0.4 is 9.80 Å². The maximum Gasteiger partial charge on any atom is 0.143 e. The normalized spacial score (nSPS) is 12.5. The lowest BCUT2D eigenvalue weighted by Gasteiger charge is -2.33. The first-order valence-corrected chi connectivity index (χ1v) is 28.2. The molecule has 1 spiro atoms. The summed E-state index contributed by atoms with van der Waals surface area (Å²) in [6.45, 7) is 0. The van der Waals surface area contributed by atoms with Crippen LogP contribution in [0.2, 0.25) is 0 Å². The molecule has 0 saturated carbocycles. The van der Waals surface area contributed by atoms with Crippen molar-refractivity contribution in [1.29, 1.82) is 0 Å². The first-order chi connectivity index (χ1) is 40.7. The summed E-state index contributed by atoms with van der Waals surface area (Å²) in [4.78, 5) is 4.85. The van der Waals surface area contributed by atoms with Gasteiger partial charge in [-0.15, -0.1) is 0 Å². The smallest absolute Gasteiger partial charge is 0.143 e. The first-order valence-electron chi connectivity index (χ1n) is 28.2. The Labute approximate surface area is 477 Å². The van der Waals surface area contributed by atoms with Crippen LogP contribution in [0.3, 0.4) is 0 Å². The van der Waals surface area contributed by atoms with E-state index in [1.54, 1.807) is 0 Å². The Kier molecular flexibility index (Phi) is 11.1. The fraction of sp³-hybridized carbons (Fsp3) is 0.0127. The third kappa shape index (κ3) is 7.59. The van der Waals surface area contributed by atoms with E-state index in [0.29, 0.717) is 0 Å². The average Bonchev–Trinajstić information content (AvgIpc) is 3.01. The van der Waals surface area contributed by atoms with Crippen LogP contribution in [0.5, 0.6) is 0 Å². The predicted octanol–water partition coefficient (Wildman–Crippen LogP) is 21.5. The Morgan fingerprint density at radius 2 is 0.585 bits per heavy atom. The highest BCUT2D eigenvalue weighted by Gasteiger charge is 2.53. The van der Waals surface area contributed by atoms with E-state index in [1.165, 1.54) is 83.5 Å². The zero-order chi connectivity index (χ0) is 54.1. The van der Waals surface area contributed by atoms with Gasteiger partial charge >= 0.3 is 0 Å². The molecule has 16 rings (SSSR count). The SMILES string of the molecule is c1ccc(-c2ccc(N(c3ccc(-c4ccccc4)cc3)c3ccc4c(c3)C3(c5cc(N(c6ccc(-c7ccccc7)cc6)c6ccc(-c7ccccc7)cc6)ccc5-4)c4ccccc4-c4c3ccc3c4oc4ccccc43)cc2)cc1. The van der Waals surface area contributed by atoms with Crippen LogP contribution in [-0.4, -0.2) is 0 Å². The number of benzene rings is 13. The van der Waals surface area contributed by atoms with Crippen LogP contribution in [0.1, 0.15) is 22.3 Å². The number of rotatable bonds is 10. The Morgan fingerprint density at radius 1 is 0.232 bits per heavy atom. The molecule has 13 aromatic carbocycles. The summed E-state index contributed by atoms with van der Waals surface area (Å²) in [5, 5.41) is 2.24. The van der Waals surface area contributed by atoms with Crippen LogP contribution in [0.4, 0.5) is 34.1 Å². The molecule has 0 radical (unpaired) electrons. The molecule has 3 heteroatoms. The van der Waals surface area contributed by atoms with Gasteiger partial charge in [-0.2, -0.15) is 0 Å². The summed E-state index contributed by atoms with van der Waals surface area (Å²) in [7, 11) is 0. The largest absolute Gasteiger partial charge is 0.455 e. The standard InChI is InChI=1S/C79H52N2O/c1-5-17-53(18-6-1)57-29-37-61(38-30-57)80(62-39-31-58(32-40-62)54-19-7-2-8-20-54)65-45-47-67-68-48-46-66(81(63-41-33-59(34-42-63)55-21-9-3-10-22-55)64-43-35-60(36-44-64)56-23-11-4-12-24-56)52-75(68)79(74(67)51-65)72-27-15-13-26-71(72)77-73(79)50-49-70-69-25-14-16-28-76(69)82-78(70)77/h1-52H. The van der Waals surface area contributed by atoms with Gasteiger partial charge in [-0.05, 0) is 162 Å². The van der Waals surface area contributed by atoms with E-state index in [4.69, 9.17) is 4.42 Å². The molecule has 0 fully saturated rings. The second-order valence-corrected chi connectivity index (χ2v) is 21.5. The summed E-state index contributed by atoms with van der Waals surface area (Å²) >= 11 is 0. The average molecular weight is 1050 g/mol. The lowest BCUT2D eigenvalue weighted by atomic mass is 9.70. The number of hydrogen-bond acceptors (Lipinski definition) is 3. The van der Waals surface area contributed by atoms with Crippen molar-refractivity contribution in [2.75, 3.05) is 9.80 Å². The fourth-order valence-corrected chi connectivity index (χ4v) is 13.3. The van der Waals surface area contributed by atoms with Gasteiger partial charge in [0.05, 0.1) is 5.41 Å². The van der Waals surface area contributed by atoms with Crippen molar-refractivity contribution in [3.63, 3.8) is 0 Å². The van der Waals surface area contributed by atoms with E-state index in [9.17, 15) is 0 Å². The summed E-state index contributed by atoms with van der Waals surface area (Å²) < 4.78 is 7.04. The number of anilines is 6. The Balaban J connectivity index is 0.924. The highest BCUT2D eigenvalue weighted by molar-refractivity contribution is 6.13. The molecule has 1 heterocycles. The molecule has 0 N–H and O–H groups in total. The third-order valence-electron chi connectivity index (χ3n) is 17.1. The minimum atomic E-state index is -0.740. The Hall–Kier alpha value is -10.7. The summed E-state index contributed by atoms with van der Waals surface area (Å²) in [5.41, 5.74) is 26.6. The first kappa shape index (κ1) is 47.3. The zero-order valence-corrected chi connectivity index (χ0v) is 44.8.